The van der Waals surface area contributed by atoms with Crippen LogP contribution in [-0.4, -0.2) is 39.1 Å². The summed E-state index contributed by atoms with van der Waals surface area (Å²) >= 11 is 0. The van der Waals surface area contributed by atoms with Crippen LogP contribution in [0.5, 0.6) is 0 Å². The first-order valence-corrected chi connectivity index (χ1v) is 6.88. The number of aliphatic hydroxyl groups is 1. The van der Waals surface area contributed by atoms with Crippen LogP contribution < -0.4 is 5.14 Å². The van der Waals surface area contributed by atoms with Crippen LogP contribution in [0.2, 0.25) is 0 Å². The van der Waals surface area contributed by atoms with Crippen molar-refractivity contribution < 1.29 is 18.3 Å². The number of rotatable bonds is 7. The van der Waals surface area contributed by atoms with Gasteiger partial charge in [0.25, 0.3) is 0 Å². The molecule has 6 heteroatoms. The predicted molar refractivity (Wildman–Crippen MR) is 63.4 cm³/mol. The van der Waals surface area contributed by atoms with Gasteiger partial charge in [0, 0.05) is 10.8 Å². The zero-order valence-electron chi connectivity index (χ0n) is 10.5. The Balaban J connectivity index is 4.11. The first-order valence-electron chi connectivity index (χ1n) is 5.17. The van der Waals surface area contributed by atoms with Crippen molar-refractivity contribution in [1.29, 1.82) is 0 Å². The van der Waals surface area contributed by atoms with Crippen LogP contribution in [0.3, 0.4) is 0 Å². The van der Waals surface area contributed by atoms with Gasteiger partial charge in [0.1, 0.15) is 0 Å². The molecule has 0 fully saturated rings. The van der Waals surface area contributed by atoms with E-state index in [2.05, 4.69) is 0 Å². The summed E-state index contributed by atoms with van der Waals surface area (Å²) in [6.45, 7) is 8.03. The maximum absolute atomic E-state index is 10.9. The molecule has 0 spiro atoms. The second-order valence-corrected chi connectivity index (χ2v) is 7.40. The molecule has 0 amide bonds. The molecule has 0 aliphatic carbocycles. The van der Waals surface area contributed by atoms with Crippen molar-refractivity contribution in [1.82, 2.24) is 0 Å². The van der Waals surface area contributed by atoms with Crippen LogP contribution in [0.25, 0.3) is 0 Å². The second kappa shape index (κ2) is 5.44. The number of ether oxygens (including phenoxy) is 1. The molecule has 0 saturated heterocycles. The van der Waals surface area contributed by atoms with Gasteiger partial charge in [-0.25, -0.2) is 13.6 Å². The number of primary sulfonamides is 1. The third kappa shape index (κ3) is 8.04. The molecule has 0 aromatic heterocycles. The van der Waals surface area contributed by atoms with Crippen LogP contribution in [-0.2, 0) is 14.8 Å². The molecule has 0 aromatic carbocycles. The van der Waals surface area contributed by atoms with E-state index in [0.29, 0.717) is 13.2 Å². The Kier molecular flexibility index (Phi) is 5.38. The van der Waals surface area contributed by atoms with Gasteiger partial charge < -0.3 is 9.84 Å². The zero-order chi connectivity index (χ0) is 13.0. The van der Waals surface area contributed by atoms with E-state index >= 15 is 0 Å². The number of hydrogen-bond acceptors (Lipinski definition) is 4. The van der Waals surface area contributed by atoms with Gasteiger partial charge in [-0.3, -0.25) is 0 Å². The summed E-state index contributed by atoms with van der Waals surface area (Å²) in [6.07, 6.45) is 0. The molecule has 0 aliphatic heterocycles. The topological polar surface area (TPSA) is 89.6 Å². The van der Waals surface area contributed by atoms with E-state index in [1.54, 1.807) is 13.8 Å². The van der Waals surface area contributed by atoms with E-state index in [1.807, 2.05) is 13.8 Å². The Labute approximate surface area is 98.0 Å². The first-order chi connectivity index (χ1) is 6.97. The fourth-order valence-corrected chi connectivity index (χ4v) is 2.41. The average Bonchev–Trinajstić information content (AvgIpc) is 1.98. The van der Waals surface area contributed by atoms with Gasteiger partial charge in [-0.1, -0.05) is 27.7 Å². The van der Waals surface area contributed by atoms with Gasteiger partial charge in [-0.05, 0) is 0 Å². The Morgan fingerprint density at radius 1 is 1.12 bits per heavy atom. The summed E-state index contributed by atoms with van der Waals surface area (Å²) in [6, 6.07) is 0. The van der Waals surface area contributed by atoms with Crippen molar-refractivity contribution in [3.8, 4) is 0 Å². The van der Waals surface area contributed by atoms with E-state index in [0.717, 1.165) is 0 Å². The largest absolute Gasteiger partial charge is 0.396 e. The standard InChI is InChI=1S/C10H23NO4S/c1-9(2,5-12)6-15-7-10(3,4)8-16(11,13)14/h12H,5-8H2,1-4H3,(H2,11,13,14). The molecule has 0 saturated carbocycles. The van der Waals surface area contributed by atoms with E-state index in [-0.39, 0.29) is 17.8 Å². The quantitative estimate of drug-likeness (QED) is 0.684. The molecule has 98 valence electrons. The summed E-state index contributed by atoms with van der Waals surface area (Å²) in [5.74, 6) is -0.112. The lowest BCUT2D eigenvalue weighted by Gasteiger charge is -2.27. The second-order valence-electron chi connectivity index (χ2n) is 5.79. The number of nitrogens with two attached hydrogens (primary N) is 1. The number of hydrogen-bond donors (Lipinski definition) is 2. The van der Waals surface area contributed by atoms with Crippen molar-refractivity contribution in [3.05, 3.63) is 0 Å². The summed E-state index contributed by atoms with van der Waals surface area (Å²) in [4.78, 5) is 0. The first kappa shape index (κ1) is 15.8. The fraction of sp³-hybridized carbons (Fsp3) is 1.00. The molecule has 0 radical (unpaired) electrons. The van der Waals surface area contributed by atoms with Gasteiger partial charge in [0.15, 0.2) is 0 Å². The van der Waals surface area contributed by atoms with E-state index in [1.165, 1.54) is 0 Å². The van der Waals surface area contributed by atoms with Gasteiger partial charge in [-0.2, -0.15) is 0 Å². The van der Waals surface area contributed by atoms with Gasteiger partial charge >= 0.3 is 0 Å². The molecule has 0 rings (SSSR count). The maximum Gasteiger partial charge on any atom is 0.209 e. The van der Waals surface area contributed by atoms with Crippen molar-refractivity contribution in [2.75, 3.05) is 25.6 Å². The molecule has 16 heavy (non-hydrogen) atoms. The zero-order valence-corrected chi connectivity index (χ0v) is 11.3. The summed E-state index contributed by atoms with van der Waals surface area (Å²) in [7, 11) is -3.48. The molecule has 0 atom stereocenters. The lowest BCUT2D eigenvalue weighted by Crippen LogP contribution is -2.34. The van der Waals surface area contributed by atoms with Gasteiger partial charge in [0.2, 0.25) is 10.0 Å². The Hall–Kier alpha value is -0.170. The van der Waals surface area contributed by atoms with Crippen LogP contribution >= 0.6 is 0 Å². The highest BCUT2D eigenvalue weighted by molar-refractivity contribution is 7.89. The van der Waals surface area contributed by atoms with Crippen molar-refractivity contribution in [2.45, 2.75) is 27.7 Å². The minimum absolute atomic E-state index is 0.0304. The van der Waals surface area contributed by atoms with Crippen LogP contribution in [0.1, 0.15) is 27.7 Å². The summed E-state index contributed by atoms with van der Waals surface area (Å²) < 4.78 is 27.3. The van der Waals surface area contributed by atoms with E-state index < -0.39 is 15.4 Å². The molecule has 3 N–H and O–H groups in total. The normalized spacial score (nSPS) is 14.1. The Morgan fingerprint density at radius 3 is 1.94 bits per heavy atom. The SMILES string of the molecule is CC(C)(CO)COCC(C)(C)CS(N)(=O)=O. The highest BCUT2D eigenvalue weighted by atomic mass is 32.2. The van der Waals surface area contributed by atoms with E-state index in [4.69, 9.17) is 15.0 Å². The third-order valence-corrected chi connectivity index (χ3v) is 3.19. The van der Waals surface area contributed by atoms with Crippen molar-refractivity contribution in [3.63, 3.8) is 0 Å². The predicted octanol–water partition coefficient (Wildman–Crippen LogP) is 0.336. The van der Waals surface area contributed by atoms with Crippen molar-refractivity contribution in [2.24, 2.45) is 16.0 Å². The average molecular weight is 253 g/mol. The molecule has 0 aliphatic rings. The molecule has 0 heterocycles. The van der Waals surface area contributed by atoms with Crippen LogP contribution in [0.15, 0.2) is 0 Å². The van der Waals surface area contributed by atoms with Gasteiger partial charge in [-0.15, -0.1) is 0 Å². The lowest BCUT2D eigenvalue weighted by molar-refractivity contribution is -0.000418. The minimum Gasteiger partial charge on any atom is -0.396 e. The molecular formula is C10H23NO4S. The fourth-order valence-electron chi connectivity index (χ4n) is 1.24. The molecule has 0 unspecified atom stereocenters. The Bertz CT molecular complexity index is 309. The minimum atomic E-state index is -3.48. The Morgan fingerprint density at radius 2 is 1.56 bits per heavy atom. The third-order valence-electron chi connectivity index (χ3n) is 2.01. The number of sulfonamides is 1. The highest BCUT2D eigenvalue weighted by Gasteiger charge is 2.26. The summed E-state index contributed by atoms with van der Waals surface area (Å²) in [5, 5.41) is 14.0. The summed E-state index contributed by atoms with van der Waals surface area (Å²) in [5.41, 5.74) is -0.823. The number of aliphatic hydroxyl groups excluding tert-OH is 1. The van der Waals surface area contributed by atoms with Crippen LogP contribution in [0.4, 0.5) is 0 Å². The monoisotopic (exact) mass is 253 g/mol. The van der Waals surface area contributed by atoms with E-state index in [9.17, 15) is 8.42 Å². The molecular weight excluding hydrogens is 230 g/mol. The van der Waals surface area contributed by atoms with Crippen molar-refractivity contribution >= 4 is 10.0 Å². The smallest absolute Gasteiger partial charge is 0.209 e. The molecule has 0 bridgehead atoms. The van der Waals surface area contributed by atoms with Crippen LogP contribution in [0, 0.1) is 10.8 Å². The molecule has 5 nitrogen and oxygen atoms in total. The lowest BCUT2D eigenvalue weighted by atomic mass is 9.95. The molecule has 0 aromatic rings. The maximum atomic E-state index is 10.9. The van der Waals surface area contributed by atoms with Gasteiger partial charge in [0.05, 0.1) is 25.6 Å². The highest BCUT2D eigenvalue weighted by Crippen LogP contribution is 2.20.